The highest BCUT2D eigenvalue weighted by atomic mass is 35.5. The zero-order chi connectivity index (χ0) is 8.39. The molecule has 2 rings (SSSR count). The van der Waals surface area contributed by atoms with Gasteiger partial charge in [-0.1, -0.05) is 0 Å². The van der Waals surface area contributed by atoms with Gasteiger partial charge in [0.15, 0.2) is 0 Å². The number of aromatic amines is 2. The van der Waals surface area contributed by atoms with E-state index >= 15 is 0 Å². The fourth-order valence-electron chi connectivity index (χ4n) is 1.56. The van der Waals surface area contributed by atoms with Crippen LogP contribution in [0.25, 0.3) is 0 Å². The van der Waals surface area contributed by atoms with Gasteiger partial charge < -0.3 is 5.32 Å². The molecule has 1 aliphatic heterocycles. The summed E-state index contributed by atoms with van der Waals surface area (Å²) in [6.07, 6.45) is 2.26. The third-order valence-electron chi connectivity index (χ3n) is 2.20. The Labute approximate surface area is 81.7 Å². The van der Waals surface area contributed by atoms with E-state index in [9.17, 15) is 4.79 Å². The number of piperidine rings is 1. The molecular formula is C7H13ClN4O. The Morgan fingerprint density at radius 2 is 2.31 bits per heavy atom. The molecule has 0 saturated carbocycles. The van der Waals surface area contributed by atoms with Gasteiger partial charge in [0.2, 0.25) is 0 Å². The second-order valence-corrected chi connectivity index (χ2v) is 3.11. The zero-order valence-electron chi connectivity index (χ0n) is 7.17. The van der Waals surface area contributed by atoms with Crippen molar-refractivity contribution in [2.45, 2.75) is 18.8 Å². The van der Waals surface area contributed by atoms with E-state index in [2.05, 4.69) is 20.5 Å². The van der Waals surface area contributed by atoms with Gasteiger partial charge in [0.05, 0.1) is 0 Å². The number of aromatic nitrogens is 3. The van der Waals surface area contributed by atoms with Crippen molar-refractivity contribution in [3.8, 4) is 0 Å². The van der Waals surface area contributed by atoms with Crippen molar-refractivity contribution in [2.24, 2.45) is 0 Å². The van der Waals surface area contributed by atoms with Crippen molar-refractivity contribution >= 4 is 12.4 Å². The van der Waals surface area contributed by atoms with Crippen LogP contribution in [0.4, 0.5) is 0 Å². The number of nitrogens with one attached hydrogen (secondary N) is 3. The van der Waals surface area contributed by atoms with Crippen LogP contribution in [-0.2, 0) is 0 Å². The summed E-state index contributed by atoms with van der Waals surface area (Å²) in [5.74, 6) is 1.16. The molecule has 0 unspecified atom stereocenters. The molecule has 1 aliphatic rings. The fraction of sp³-hybridized carbons (Fsp3) is 0.714. The van der Waals surface area contributed by atoms with E-state index in [1.165, 1.54) is 0 Å². The molecule has 0 radical (unpaired) electrons. The highest BCUT2D eigenvalue weighted by Crippen LogP contribution is 2.17. The molecule has 1 atom stereocenters. The minimum atomic E-state index is -0.212. The SMILES string of the molecule is Cl.O=c1[nH]nc([C@H]2CCCNC2)[nH]1. The van der Waals surface area contributed by atoms with Gasteiger partial charge in [-0.25, -0.2) is 9.89 Å². The molecule has 6 heteroatoms. The summed E-state index contributed by atoms with van der Waals surface area (Å²) in [5, 5.41) is 9.55. The molecule has 0 amide bonds. The molecule has 5 nitrogen and oxygen atoms in total. The van der Waals surface area contributed by atoms with E-state index < -0.39 is 0 Å². The molecule has 0 bridgehead atoms. The van der Waals surface area contributed by atoms with Crippen molar-refractivity contribution < 1.29 is 0 Å². The van der Waals surface area contributed by atoms with Crippen LogP contribution in [0.3, 0.4) is 0 Å². The zero-order valence-corrected chi connectivity index (χ0v) is 7.99. The van der Waals surface area contributed by atoms with Crippen LogP contribution in [0.5, 0.6) is 0 Å². The van der Waals surface area contributed by atoms with Gasteiger partial charge in [-0.3, -0.25) is 4.98 Å². The standard InChI is InChI=1S/C7H12N4O.ClH/c12-7-9-6(10-11-7)5-2-1-3-8-4-5;/h5,8H,1-4H2,(H2,9,10,11,12);1H/t5-;/m0./s1. The van der Waals surface area contributed by atoms with Crippen molar-refractivity contribution in [3.05, 3.63) is 16.3 Å². The summed E-state index contributed by atoms with van der Waals surface area (Å²) < 4.78 is 0. The second kappa shape index (κ2) is 4.43. The predicted molar refractivity (Wildman–Crippen MR) is 51.3 cm³/mol. The molecular weight excluding hydrogens is 192 g/mol. The molecule has 3 N–H and O–H groups in total. The van der Waals surface area contributed by atoms with Gasteiger partial charge in [0.25, 0.3) is 0 Å². The summed E-state index contributed by atoms with van der Waals surface area (Å²) in [6.45, 7) is 1.99. The lowest BCUT2D eigenvalue weighted by Gasteiger charge is -2.19. The number of hydrogen-bond donors (Lipinski definition) is 3. The average Bonchev–Trinajstić information content (AvgIpc) is 2.54. The van der Waals surface area contributed by atoms with Crippen molar-refractivity contribution in [3.63, 3.8) is 0 Å². The Morgan fingerprint density at radius 1 is 1.46 bits per heavy atom. The molecule has 1 aromatic heterocycles. The quantitative estimate of drug-likeness (QED) is 0.602. The molecule has 74 valence electrons. The van der Waals surface area contributed by atoms with Gasteiger partial charge >= 0.3 is 5.69 Å². The number of H-pyrrole nitrogens is 2. The Kier molecular flexibility index (Phi) is 3.50. The number of hydrogen-bond acceptors (Lipinski definition) is 3. The molecule has 1 aromatic rings. The summed E-state index contributed by atoms with van der Waals surface area (Å²) >= 11 is 0. The van der Waals surface area contributed by atoms with Crippen molar-refractivity contribution in [1.29, 1.82) is 0 Å². The highest BCUT2D eigenvalue weighted by molar-refractivity contribution is 5.85. The maximum atomic E-state index is 10.7. The van der Waals surface area contributed by atoms with E-state index in [1.54, 1.807) is 0 Å². The van der Waals surface area contributed by atoms with Crippen molar-refractivity contribution in [2.75, 3.05) is 13.1 Å². The van der Waals surface area contributed by atoms with E-state index in [-0.39, 0.29) is 18.1 Å². The van der Waals surface area contributed by atoms with E-state index in [0.717, 1.165) is 31.8 Å². The van der Waals surface area contributed by atoms with Gasteiger partial charge in [0, 0.05) is 12.5 Å². The summed E-state index contributed by atoms with van der Waals surface area (Å²) in [7, 11) is 0. The van der Waals surface area contributed by atoms with Gasteiger partial charge in [-0.15, -0.1) is 12.4 Å². The van der Waals surface area contributed by atoms with Gasteiger partial charge in [-0.2, -0.15) is 5.10 Å². The van der Waals surface area contributed by atoms with E-state index in [0.29, 0.717) is 5.92 Å². The summed E-state index contributed by atoms with van der Waals surface area (Å²) in [5.41, 5.74) is -0.212. The monoisotopic (exact) mass is 204 g/mol. The van der Waals surface area contributed by atoms with E-state index in [1.807, 2.05) is 0 Å². The second-order valence-electron chi connectivity index (χ2n) is 3.11. The molecule has 0 spiro atoms. The Balaban J connectivity index is 0.000000845. The summed E-state index contributed by atoms with van der Waals surface area (Å²) in [4.78, 5) is 13.4. The molecule has 0 aliphatic carbocycles. The molecule has 1 fully saturated rings. The Morgan fingerprint density at radius 3 is 2.85 bits per heavy atom. The first-order valence-electron chi connectivity index (χ1n) is 4.21. The first-order valence-corrected chi connectivity index (χ1v) is 4.21. The molecule has 1 saturated heterocycles. The van der Waals surface area contributed by atoms with E-state index in [4.69, 9.17) is 0 Å². The number of rotatable bonds is 1. The van der Waals surface area contributed by atoms with Crippen LogP contribution in [0.2, 0.25) is 0 Å². The topological polar surface area (TPSA) is 73.6 Å². The molecule has 0 aromatic carbocycles. The van der Waals surface area contributed by atoms with Crippen LogP contribution in [0.15, 0.2) is 4.79 Å². The lowest BCUT2D eigenvalue weighted by molar-refractivity contribution is 0.447. The highest BCUT2D eigenvalue weighted by Gasteiger charge is 2.17. The maximum Gasteiger partial charge on any atom is 0.340 e. The normalized spacial score (nSPS) is 22.3. The van der Waals surface area contributed by atoms with Gasteiger partial charge in [0.1, 0.15) is 5.82 Å². The minimum Gasteiger partial charge on any atom is -0.316 e. The Hall–Kier alpha value is -0.810. The van der Waals surface area contributed by atoms with Crippen LogP contribution < -0.4 is 11.0 Å². The predicted octanol–water partition coefficient (Wildman–Crippen LogP) is -0.0132. The first-order chi connectivity index (χ1) is 5.86. The van der Waals surface area contributed by atoms with Crippen molar-refractivity contribution in [1.82, 2.24) is 20.5 Å². The smallest absolute Gasteiger partial charge is 0.316 e. The largest absolute Gasteiger partial charge is 0.340 e. The molecule has 2 heterocycles. The summed E-state index contributed by atoms with van der Waals surface area (Å²) in [6, 6.07) is 0. The third-order valence-corrected chi connectivity index (χ3v) is 2.20. The number of halogens is 1. The van der Waals surface area contributed by atoms with Crippen LogP contribution in [-0.4, -0.2) is 28.3 Å². The third kappa shape index (κ3) is 2.32. The van der Waals surface area contributed by atoms with Crippen LogP contribution in [0, 0.1) is 0 Å². The van der Waals surface area contributed by atoms with Crippen LogP contribution >= 0.6 is 12.4 Å². The van der Waals surface area contributed by atoms with Crippen LogP contribution in [0.1, 0.15) is 24.6 Å². The molecule has 13 heavy (non-hydrogen) atoms. The maximum absolute atomic E-state index is 10.7. The fourth-order valence-corrected chi connectivity index (χ4v) is 1.56. The first kappa shape index (κ1) is 10.3. The van der Waals surface area contributed by atoms with Gasteiger partial charge in [-0.05, 0) is 19.4 Å². The number of nitrogens with zero attached hydrogens (tertiary/aromatic N) is 1. The average molecular weight is 205 g/mol. The Bertz CT molecular complexity index is 301. The lowest BCUT2D eigenvalue weighted by Crippen LogP contribution is -2.29. The lowest BCUT2D eigenvalue weighted by atomic mass is 9.99. The minimum absolute atomic E-state index is 0.